The van der Waals surface area contributed by atoms with Gasteiger partial charge in [0.05, 0.1) is 0 Å². The predicted octanol–water partition coefficient (Wildman–Crippen LogP) is 3.35. The smallest absolute Gasteiger partial charge is 0.342 e. The fourth-order valence-corrected chi connectivity index (χ4v) is 2.45. The van der Waals surface area contributed by atoms with Crippen LogP contribution in [-0.4, -0.2) is 23.9 Å². The number of carbonyl (C=O) groups is 3. The number of anilines is 2. The molecular formula is C19H22N2O5. The Hall–Kier alpha value is -3.09. The molecule has 2 aromatic rings. The van der Waals surface area contributed by atoms with Gasteiger partial charge in [0.2, 0.25) is 5.91 Å². The highest BCUT2D eigenvalue weighted by atomic mass is 16.5. The van der Waals surface area contributed by atoms with Gasteiger partial charge in [0.1, 0.15) is 17.1 Å². The van der Waals surface area contributed by atoms with E-state index in [1.54, 1.807) is 45.0 Å². The lowest BCUT2D eigenvalue weighted by atomic mass is 10.1. The number of nitrogens with one attached hydrogen (secondary N) is 2. The molecule has 1 heterocycles. The van der Waals surface area contributed by atoms with Crippen molar-refractivity contribution < 1.29 is 23.5 Å². The van der Waals surface area contributed by atoms with E-state index < -0.39 is 18.0 Å². The van der Waals surface area contributed by atoms with E-state index in [1.165, 1.54) is 13.8 Å². The molecule has 0 radical (unpaired) electrons. The molecule has 0 spiro atoms. The summed E-state index contributed by atoms with van der Waals surface area (Å²) < 4.78 is 10.7. The van der Waals surface area contributed by atoms with Crippen molar-refractivity contribution in [3.8, 4) is 0 Å². The second-order valence-electron chi connectivity index (χ2n) is 6.01. The molecular weight excluding hydrogens is 336 g/mol. The molecule has 0 saturated heterocycles. The van der Waals surface area contributed by atoms with Crippen molar-refractivity contribution in [2.75, 3.05) is 10.6 Å². The average Bonchev–Trinajstić information content (AvgIpc) is 2.81. The number of rotatable bonds is 5. The van der Waals surface area contributed by atoms with Crippen LogP contribution in [0.5, 0.6) is 0 Å². The number of hydrogen-bond donors (Lipinski definition) is 2. The molecule has 2 N–H and O–H groups in total. The zero-order valence-corrected chi connectivity index (χ0v) is 15.4. The second-order valence-corrected chi connectivity index (χ2v) is 6.01. The molecule has 1 atom stereocenters. The monoisotopic (exact) mass is 358 g/mol. The van der Waals surface area contributed by atoms with Crippen LogP contribution in [-0.2, 0) is 14.3 Å². The van der Waals surface area contributed by atoms with Crippen LogP contribution >= 0.6 is 0 Å². The van der Waals surface area contributed by atoms with Crippen molar-refractivity contribution in [2.45, 2.75) is 40.7 Å². The number of furan rings is 1. The lowest BCUT2D eigenvalue weighted by Crippen LogP contribution is -2.30. The molecule has 0 unspecified atom stereocenters. The quantitative estimate of drug-likeness (QED) is 0.799. The summed E-state index contributed by atoms with van der Waals surface area (Å²) in [5.74, 6) is -0.124. The Balaban J connectivity index is 1.99. The van der Waals surface area contributed by atoms with E-state index in [1.807, 2.05) is 0 Å². The summed E-state index contributed by atoms with van der Waals surface area (Å²) >= 11 is 0. The number of hydrogen-bond acceptors (Lipinski definition) is 5. The number of carbonyl (C=O) groups excluding carboxylic acids is 3. The second kappa shape index (κ2) is 7.86. The van der Waals surface area contributed by atoms with Crippen molar-refractivity contribution in [3.63, 3.8) is 0 Å². The molecule has 7 heteroatoms. The molecule has 1 aromatic carbocycles. The minimum atomic E-state index is -0.980. The third kappa shape index (κ3) is 4.50. The summed E-state index contributed by atoms with van der Waals surface area (Å²) in [6, 6.07) is 6.61. The zero-order chi connectivity index (χ0) is 19.4. The van der Waals surface area contributed by atoms with Crippen LogP contribution in [0, 0.1) is 20.8 Å². The van der Waals surface area contributed by atoms with Crippen LogP contribution < -0.4 is 10.6 Å². The predicted molar refractivity (Wildman–Crippen MR) is 97.2 cm³/mol. The third-order valence-corrected chi connectivity index (χ3v) is 3.89. The molecule has 2 rings (SSSR count). The van der Waals surface area contributed by atoms with Crippen LogP contribution in [0.1, 0.15) is 41.3 Å². The van der Waals surface area contributed by atoms with Gasteiger partial charge in [0, 0.05) is 23.9 Å². The van der Waals surface area contributed by atoms with Gasteiger partial charge in [-0.15, -0.1) is 0 Å². The maximum Gasteiger partial charge on any atom is 0.342 e. The zero-order valence-electron chi connectivity index (χ0n) is 15.4. The molecule has 0 aliphatic carbocycles. The van der Waals surface area contributed by atoms with Gasteiger partial charge >= 0.3 is 5.97 Å². The van der Waals surface area contributed by atoms with Crippen molar-refractivity contribution in [3.05, 3.63) is 46.9 Å². The molecule has 0 fully saturated rings. The Labute approximate surface area is 151 Å². The van der Waals surface area contributed by atoms with Gasteiger partial charge in [-0.05, 0) is 52.0 Å². The molecule has 0 aliphatic heterocycles. The van der Waals surface area contributed by atoms with Crippen LogP contribution in [0.25, 0.3) is 0 Å². The van der Waals surface area contributed by atoms with E-state index in [2.05, 4.69) is 10.6 Å². The Morgan fingerprint density at radius 2 is 1.50 bits per heavy atom. The summed E-state index contributed by atoms with van der Waals surface area (Å²) in [5, 5.41) is 5.30. The number of benzene rings is 1. The summed E-state index contributed by atoms with van der Waals surface area (Å²) in [6.45, 7) is 8.12. The van der Waals surface area contributed by atoms with Gasteiger partial charge < -0.3 is 19.8 Å². The Bertz CT molecular complexity index is 836. The number of amides is 2. The van der Waals surface area contributed by atoms with Crippen LogP contribution in [0.3, 0.4) is 0 Å². The fraction of sp³-hybridized carbons (Fsp3) is 0.316. The first-order chi connectivity index (χ1) is 12.2. The largest absolute Gasteiger partial charge is 0.465 e. The summed E-state index contributed by atoms with van der Waals surface area (Å²) in [5.41, 5.74) is 2.20. The lowest BCUT2D eigenvalue weighted by molar-refractivity contribution is -0.123. The maximum absolute atomic E-state index is 12.3. The van der Waals surface area contributed by atoms with Crippen LogP contribution in [0.15, 0.2) is 28.7 Å². The van der Waals surface area contributed by atoms with E-state index in [0.717, 1.165) is 0 Å². The standard InChI is InChI=1S/C19H22N2O5/c1-10-11(2)25-12(3)17(10)19(24)26-13(4)18(23)21-16-8-6-15(7-9-16)20-14(5)22/h6-9,13H,1-5H3,(H,20,22)(H,21,23)/t13-/m0/s1. The van der Waals surface area contributed by atoms with Gasteiger partial charge in [-0.2, -0.15) is 0 Å². The van der Waals surface area contributed by atoms with E-state index in [9.17, 15) is 14.4 Å². The van der Waals surface area contributed by atoms with Crippen molar-refractivity contribution in [1.29, 1.82) is 0 Å². The Kier molecular flexibility index (Phi) is 5.82. The van der Waals surface area contributed by atoms with E-state index in [0.29, 0.717) is 34.0 Å². The van der Waals surface area contributed by atoms with Crippen molar-refractivity contribution >= 4 is 29.2 Å². The van der Waals surface area contributed by atoms with Gasteiger partial charge in [0.25, 0.3) is 5.91 Å². The topological polar surface area (TPSA) is 97.6 Å². The van der Waals surface area contributed by atoms with Crippen LogP contribution in [0.4, 0.5) is 11.4 Å². The highest BCUT2D eigenvalue weighted by Gasteiger charge is 2.24. The number of aryl methyl sites for hydroxylation is 2. The van der Waals surface area contributed by atoms with Gasteiger partial charge in [-0.25, -0.2) is 4.79 Å². The first kappa shape index (κ1) is 19.2. The van der Waals surface area contributed by atoms with Gasteiger partial charge in [-0.1, -0.05) is 0 Å². The summed E-state index contributed by atoms with van der Waals surface area (Å²) in [7, 11) is 0. The Morgan fingerprint density at radius 3 is 1.96 bits per heavy atom. The SMILES string of the molecule is CC(=O)Nc1ccc(NC(=O)[C@H](C)OC(=O)c2c(C)oc(C)c2C)cc1. The van der Waals surface area contributed by atoms with E-state index in [-0.39, 0.29) is 5.91 Å². The summed E-state index contributed by atoms with van der Waals surface area (Å²) in [4.78, 5) is 35.5. The minimum Gasteiger partial charge on any atom is -0.465 e. The highest BCUT2D eigenvalue weighted by molar-refractivity contribution is 5.98. The van der Waals surface area contributed by atoms with Gasteiger partial charge in [-0.3, -0.25) is 9.59 Å². The third-order valence-electron chi connectivity index (χ3n) is 3.89. The highest BCUT2D eigenvalue weighted by Crippen LogP contribution is 2.22. The first-order valence-electron chi connectivity index (χ1n) is 8.15. The molecule has 2 amide bonds. The average molecular weight is 358 g/mol. The van der Waals surface area contributed by atoms with Crippen LogP contribution in [0.2, 0.25) is 0 Å². The van der Waals surface area contributed by atoms with E-state index in [4.69, 9.17) is 9.15 Å². The molecule has 138 valence electrons. The minimum absolute atomic E-state index is 0.178. The lowest BCUT2D eigenvalue weighted by Gasteiger charge is -2.14. The van der Waals surface area contributed by atoms with Crippen molar-refractivity contribution in [2.24, 2.45) is 0 Å². The first-order valence-corrected chi connectivity index (χ1v) is 8.15. The molecule has 1 aromatic heterocycles. The normalized spacial score (nSPS) is 11.6. The molecule has 7 nitrogen and oxygen atoms in total. The van der Waals surface area contributed by atoms with E-state index >= 15 is 0 Å². The molecule has 0 aliphatic rings. The number of ether oxygens (including phenoxy) is 1. The number of esters is 1. The molecule has 0 bridgehead atoms. The fourth-order valence-electron chi connectivity index (χ4n) is 2.45. The van der Waals surface area contributed by atoms with Gasteiger partial charge in [0.15, 0.2) is 6.10 Å². The molecule has 0 saturated carbocycles. The van der Waals surface area contributed by atoms with Crippen molar-refractivity contribution in [1.82, 2.24) is 0 Å². The maximum atomic E-state index is 12.3. The molecule has 26 heavy (non-hydrogen) atoms. The summed E-state index contributed by atoms with van der Waals surface area (Å²) in [6.07, 6.45) is -0.980. The Morgan fingerprint density at radius 1 is 0.962 bits per heavy atom.